The molecule has 2 heterocycles. The average molecular weight is 347 g/mol. The second-order valence-electron chi connectivity index (χ2n) is 6.45. The van der Waals surface area contributed by atoms with E-state index in [2.05, 4.69) is 29.1 Å². The van der Waals surface area contributed by atoms with Gasteiger partial charge < -0.3 is 14.7 Å². The molecule has 0 saturated carbocycles. The fourth-order valence-electron chi connectivity index (χ4n) is 2.80. The number of nitrogens with one attached hydrogen (secondary N) is 2. The molecule has 2 aromatic heterocycles. The van der Waals surface area contributed by atoms with Gasteiger partial charge in [-0.1, -0.05) is 32.0 Å². The van der Waals surface area contributed by atoms with E-state index in [1.165, 1.54) is 0 Å². The smallest absolute Gasteiger partial charge is 0.349 e. The second kappa shape index (κ2) is 6.15. The van der Waals surface area contributed by atoms with Crippen LogP contribution in [0.2, 0.25) is 0 Å². The van der Waals surface area contributed by atoms with Gasteiger partial charge in [0.25, 0.3) is 5.91 Å². The molecule has 1 amide bonds. The maximum atomic E-state index is 12.5. The Morgan fingerprint density at radius 1 is 1.15 bits per heavy atom. The number of nitrogens with zero attached hydrogens (tertiary/aromatic N) is 1. The first-order valence-corrected chi connectivity index (χ1v) is 8.35. The Kier molecular flexibility index (Phi) is 3.80. The van der Waals surface area contributed by atoms with Crippen LogP contribution in [0.15, 0.2) is 57.7 Å². The van der Waals surface area contributed by atoms with Gasteiger partial charge in [-0.2, -0.15) is 0 Å². The highest BCUT2D eigenvalue weighted by Crippen LogP contribution is 2.21. The van der Waals surface area contributed by atoms with Crippen LogP contribution in [0.1, 0.15) is 35.9 Å². The number of H-pyrrole nitrogens is 1. The Bertz CT molecular complexity index is 1190. The summed E-state index contributed by atoms with van der Waals surface area (Å²) in [4.78, 5) is 32.4. The van der Waals surface area contributed by atoms with E-state index < -0.39 is 11.5 Å². The average Bonchev–Trinajstić information content (AvgIpc) is 3.04. The number of aromatic amines is 1. The van der Waals surface area contributed by atoms with Crippen molar-refractivity contribution < 1.29 is 9.21 Å². The highest BCUT2D eigenvalue weighted by atomic mass is 16.4. The summed E-state index contributed by atoms with van der Waals surface area (Å²) in [6.45, 7) is 4.11. The summed E-state index contributed by atoms with van der Waals surface area (Å²) in [6, 6.07) is 14.0. The lowest BCUT2D eigenvalue weighted by atomic mass is 10.1. The Labute approximate surface area is 148 Å². The van der Waals surface area contributed by atoms with Crippen LogP contribution >= 0.6 is 0 Å². The molecular weight excluding hydrogens is 330 g/mol. The van der Waals surface area contributed by atoms with Crippen LogP contribution in [-0.2, 0) is 0 Å². The SMILES string of the molecule is CC(C)c1nc2ccc(NC(=O)c3cc4ccccc4oc3=O)cc2[nH]1. The minimum atomic E-state index is -0.661. The number of benzene rings is 2. The van der Waals surface area contributed by atoms with Crippen molar-refractivity contribution in [3.8, 4) is 0 Å². The number of amides is 1. The van der Waals surface area contributed by atoms with Crippen molar-refractivity contribution in [3.63, 3.8) is 0 Å². The number of para-hydroxylation sites is 1. The molecule has 0 unspecified atom stereocenters. The van der Waals surface area contributed by atoms with Crippen LogP contribution in [0.25, 0.3) is 22.0 Å². The van der Waals surface area contributed by atoms with E-state index in [1.54, 1.807) is 36.4 Å². The van der Waals surface area contributed by atoms with Crippen LogP contribution in [0.5, 0.6) is 0 Å². The molecule has 6 nitrogen and oxygen atoms in total. The molecule has 6 heteroatoms. The van der Waals surface area contributed by atoms with Gasteiger partial charge in [-0.3, -0.25) is 4.79 Å². The third-order valence-corrected chi connectivity index (χ3v) is 4.19. The molecule has 4 aromatic rings. The number of hydrogen-bond acceptors (Lipinski definition) is 4. The minimum Gasteiger partial charge on any atom is -0.422 e. The molecule has 0 fully saturated rings. The number of anilines is 1. The molecule has 0 bridgehead atoms. The fourth-order valence-corrected chi connectivity index (χ4v) is 2.80. The predicted octanol–water partition coefficient (Wildman–Crippen LogP) is 4.05. The van der Waals surface area contributed by atoms with Crippen molar-refractivity contribution in [2.24, 2.45) is 0 Å². The summed E-state index contributed by atoms with van der Waals surface area (Å²) < 4.78 is 5.22. The first-order chi connectivity index (χ1) is 12.5. The van der Waals surface area contributed by atoms with Gasteiger partial charge in [-0.05, 0) is 30.3 Å². The summed E-state index contributed by atoms with van der Waals surface area (Å²) in [7, 11) is 0. The molecule has 130 valence electrons. The zero-order valence-corrected chi connectivity index (χ0v) is 14.4. The maximum absolute atomic E-state index is 12.5. The number of hydrogen-bond donors (Lipinski definition) is 2. The Balaban J connectivity index is 1.66. The van der Waals surface area contributed by atoms with Crippen LogP contribution in [-0.4, -0.2) is 15.9 Å². The van der Waals surface area contributed by atoms with Crippen molar-refractivity contribution in [1.82, 2.24) is 9.97 Å². The van der Waals surface area contributed by atoms with Crippen LogP contribution < -0.4 is 10.9 Å². The van der Waals surface area contributed by atoms with Crippen molar-refractivity contribution in [2.75, 3.05) is 5.32 Å². The zero-order valence-electron chi connectivity index (χ0n) is 14.4. The van der Waals surface area contributed by atoms with Gasteiger partial charge in [0.15, 0.2) is 0 Å². The first kappa shape index (κ1) is 16.1. The van der Waals surface area contributed by atoms with Crippen molar-refractivity contribution in [1.29, 1.82) is 0 Å². The van der Waals surface area contributed by atoms with Crippen molar-refractivity contribution >= 4 is 33.6 Å². The van der Waals surface area contributed by atoms with Crippen LogP contribution in [0, 0.1) is 0 Å². The Morgan fingerprint density at radius 3 is 2.77 bits per heavy atom. The molecule has 2 N–H and O–H groups in total. The number of rotatable bonds is 3. The summed E-state index contributed by atoms with van der Waals surface area (Å²) in [5.74, 6) is 0.661. The first-order valence-electron chi connectivity index (χ1n) is 8.35. The molecule has 0 radical (unpaired) electrons. The number of aromatic nitrogens is 2. The van der Waals surface area contributed by atoms with E-state index in [0.29, 0.717) is 16.7 Å². The molecule has 0 spiro atoms. The third-order valence-electron chi connectivity index (χ3n) is 4.19. The lowest BCUT2D eigenvalue weighted by Crippen LogP contribution is -2.20. The summed E-state index contributed by atoms with van der Waals surface area (Å²) >= 11 is 0. The lowest BCUT2D eigenvalue weighted by Gasteiger charge is -2.05. The Hall–Kier alpha value is -3.41. The van der Waals surface area contributed by atoms with E-state index in [9.17, 15) is 9.59 Å². The number of fused-ring (bicyclic) bond motifs is 2. The van der Waals surface area contributed by atoms with Gasteiger partial charge in [-0.15, -0.1) is 0 Å². The van der Waals surface area contributed by atoms with Gasteiger partial charge in [0.2, 0.25) is 0 Å². The van der Waals surface area contributed by atoms with E-state index in [-0.39, 0.29) is 11.5 Å². The largest absolute Gasteiger partial charge is 0.422 e. The van der Waals surface area contributed by atoms with E-state index in [4.69, 9.17) is 4.42 Å². The minimum absolute atomic E-state index is 0.0312. The number of carbonyl (C=O) groups excluding carboxylic acids is 1. The van der Waals surface area contributed by atoms with Gasteiger partial charge in [0.1, 0.15) is 17.0 Å². The Morgan fingerprint density at radius 2 is 1.96 bits per heavy atom. The second-order valence-corrected chi connectivity index (χ2v) is 6.45. The molecule has 0 saturated heterocycles. The van der Waals surface area contributed by atoms with E-state index in [1.807, 2.05) is 12.1 Å². The van der Waals surface area contributed by atoms with Gasteiger partial charge in [0.05, 0.1) is 11.0 Å². The van der Waals surface area contributed by atoms with Crippen LogP contribution in [0.3, 0.4) is 0 Å². The monoisotopic (exact) mass is 347 g/mol. The summed E-state index contributed by atoms with van der Waals surface area (Å²) in [5.41, 5.74) is 2.00. The lowest BCUT2D eigenvalue weighted by molar-refractivity contribution is 0.102. The molecule has 2 aromatic carbocycles. The molecule has 0 aliphatic rings. The predicted molar refractivity (Wildman–Crippen MR) is 101 cm³/mol. The standard InChI is InChI=1S/C20H17N3O3/c1-11(2)18-22-15-8-7-13(10-16(15)23-18)21-19(24)14-9-12-5-3-4-6-17(12)26-20(14)25/h3-11H,1-2H3,(H,21,24)(H,22,23). The van der Waals surface area contributed by atoms with Crippen molar-refractivity contribution in [2.45, 2.75) is 19.8 Å². The number of carbonyl (C=O) groups is 1. The third kappa shape index (κ3) is 2.86. The summed E-state index contributed by atoms with van der Waals surface area (Å²) in [5, 5.41) is 3.44. The van der Waals surface area contributed by atoms with E-state index >= 15 is 0 Å². The number of imidazole rings is 1. The molecule has 26 heavy (non-hydrogen) atoms. The summed E-state index contributed by atoms with van der Waals surface area (Å²) in [6.07, 6.45) is 0. The highest BCUT2D eigenvalue weighted by Gasteiger charge is 2.14. The van der Waals surface area contributed by atoms with Gasteiger partial charge >= 0.3 is 5.63 Å². The molecule has 4 rings (SSSR count). The fraction of sp³-hybridized carbons (Fsp3) is 0.150. The molecular formula is C20H17N3O3. The molecule has 0 aliphatic heterocycles. The van der Waals surface area contributed by atoms with E-state index in [0.717, 1.165) is 16.9 Å². The van der Waals surface area contributed by atoms with Gasteiger partial charge in [-0.25, -0.2) is 9.78 Å². The van der Waals surface area contributed by atoms with Gasteiger partial charge in [0, 0.05) is 17.0 Å². The normalized spacial score (nSPS) is 11.3. The molecule has 0 atom stereocenters. The van der Waals surface area contributed by atoms with Crippen LogP contribution in [0.4, 0.5) is 5.69 Å². The molecule has 0 aliphatic carbocycles. The topological polar surface area (TPSA) is 88.0 Å². The zero-order chi connectivity index (χ0) is 18.3. The maximum Gasteiger partial charge on any atom is 0.349 e. The quantitative estimate of drug-likeness (QED) is 0.547. The van der Waals surface area contributed by atoms with Crippen molar-refractivity contribution in [3.05, 3.63) is 70.3 Å². The highest BCUT2D eigenvalue weighted by molar-refractivity contribution is 6.06.